The van der Waals surface area contributed by atoms with Crippen LogP contribution in [0.2, 0.25) is 0 Å². The zero-order valence-corrected chi connectivity index (χ0v) is 14.5. The first kappa shape index (κ1) is 18.1. The first-order chi connectivity index (χ1) is 9.97. The molecule has 116 valence electrons. The Labute approximate surface area is 146 Å². The average Bonchev–Trinajstić information content (AvgIpc) is 2.43. The molecular weight excluding hydrogens is 395 g/mol. The number of carboxylic acid groups (broad SMARTS) is 1. The third-order valence-corrected chi connectivity index (χ3v) is 3.17. The van der Waals surface area contributed by atoms with Crippen LogP contribution in [0.1, 0.15) is 21.5 Å². The van der Waals surface area contributed by atoms with Crippen molar-refractivity contribution in [1.29, 1.82) is 0 Å². The Morgan fingerprint density at radius 3 is 2.36 bits per heavy atom. The lowest BCUT2D eigenvalue weighted by Gasteiger charge is -2.10. The number of halogens is 1. The van der Waals surface area contributed by atoms with Crippen molar-refractivity contribution in [3.05, 3.63) is 59.4 Å². The van der Waals surface area contributed by atoms with Crippen molar-refractivity contribution in [2.24, 2.45) is 0 Å². The minimum Gasteiger partial charge on any atom is -1.00 e. The molecule has 6 heteroatoms. The number of aryl methyl sites for hydroxylation is 2. The first-order valence-electron chi connectivity index (χ1n) is 6.54. The summed E-state index contributed by atoms with van der Waals surface area (Å²) in [6.45, 7) is 3.88. The maximum atomic E-state index is 12.1. The van der Waals surface area contributed by atoms with Crippen molar-refractivity contribution >= 4 is 17.6 Å². The molecule has 5 nitrogen and oxygen atoms in total. The normalized spacial score (nSPS) is 9.73. The number of benzene rings is 1. The van der Waals surface area contributed by atoms with Gasteiger partial charge in [0.1, 0.15) is 0 Å². The summed E-state index contributed by atoms with van der Waals surface area (Å²) in [6, 6.07) is 8.77. The smallest absolute Gasteiger partial charge is 0.290 e. The Hall–Kier alpha value is -1.96. The van der Waals surface area contributed by atoms with Crippen LogP contribution in [-0.4, -0.2) is 11.9 Å². The standard InChI is InChI=1S/C16H16N2O3.HI/c1-11-5-3-6-12(2)15(11)17-14(19)10-18-8-4-7-13(9-18)16(20)21;/h3-9H,10H2,1-2H3,(H-,17,19,20,21);1H/p-1. The van der Waals surface area contributed by atoms with Gasteiger partial charge >= 0.3 is 0 Å². The number of nitrogens with one attached hydrogen (secondary N) is 1. The minimum absolute atomic E-state index is 0. The second-order valence-electron chi connectivity index (χ2n) is 4.87. The van der Waals surface area contributed by atoms with E-state index in [-0.39, 0.29) is 42.0 Å². The summed E-state index contributed by atoms with van der Waals surface area (Å²) in [4.78, 5) is 22.9. The molecule has 2 rings (SSSR count). The van der Waals surface area contributed by atoms with Crippen molar-refractivity contribution in [3.8, 4) is 0 Å². The van der Waals surface area contributed by atoms with Crippen LogP contribution in [0.15, 0.2) is 42.7 Å². The topological polar surface area (TPSA) is 73.1 Å². The molecule has 0 aliphatic heterocycles. The van der Waals surface area contributed by atoms with E-state index in [2.05, 4.69) is 5.32 Å². The molecule has 0 spiro atoms. The van der Waals surface area contributed by atoms with Crippen LogP contribution < -0.4 is 39.0 Å². The van der Waals surface area contributed by atoms with Gasteiger partial charge < -0.3 is 39.2 Å². The van der Waals surface area contributed by atoms with Crippen LogP contribution in [-0.2, 0) is 11.3 Å². The van der Waals surface area contributed by atoms with E-state index in [1.165, 1.54) is 16.8 Å². The molecule has 0 radical (unpaired) electrons. The molecule has 22 heavy (non-hydrogen) atoms. The van der Waals surface area contributed by atoms with Crippen molar-refractivity contribution in [2.45, 2.75) is 20.4 Å². The molecule has 0 aliphatic rings. The van der Waals surface area contributed by atoms with E-state index in [1.54, 1.807) is 12.3 Å². The molecule has 0 bridgehead atoms. The van der Waals surface area contributed by atoms with E-state index < -0.39 is 5.97 Å². The summed E-state index contributed by atoms with van der Waals surface area (Å²) in [7, 11) is 0. The van der Waals surface area contributed by atoms with Gasteiger partial charge in [-0.25, -0.2) is 0 Å². The van der Waals surface area contributed by atoms with Crippen LogP contribution >= 0.6 is 0 Å². The Kier molecular flexibility index (Phi) is 6.48. The number of aromatic nitrogens is 1. The highest BCUT2D eigenvalue weighted by Gasteiger charge is 2.12. The van der Waals surface area contributed by atoms with Gasteiger partial charge in [0.05, 0.1) is 11.5 Å². The van der Waals surface area contributed by atoms with Gasteiger partial charge in [0, 0.05) is 11.8 Å². The monoisotopic (exact) mass is 411 g/mol. The number of hydrogen-bond donors (Lipinski definition) is 1. The fraction of sp³-hybridized carbons (Fsp3) is 0.188. The molecule has 1 aromatic carbocycles. The van der Waals surface area contributed by atoms with Gasteiger partial charge in [-0.2, -0.15) is 4.57 Å². The van der Waals surface area contributed by atoms with Crippen molar-refractivity contribution < 1.29 is 43.2 Å². The highest BCUT2D eigenvalue weighted by atomic mass is 127. The number of aromatic carboxylic acids is 1. The second-order valence-corrected chi connectivity index (χ2v) is 4.87. The number of pyridine rings is 1. The highest BCUT2D eigenvalue weighted by Crippen LogP contribution is 2.19. The predicted octanol–water partition coefficient (Wildman–Crippen LogP) is -2.40. The SMILES string of the molecule is Cc1cccc(C)c1NC(=O)C[n+]1cccc(C(=O)[O-])c1.[I-]. The molecule has 1 aromatic heterocycles. The fourth-order valence-electron chi connectivity index (χ4n) is 2.10. The Balaban J connectivity index is 0.00000242. The molecule has 0 fully saturated rings. The molecule has 0 unspecified atom stereocenters. The number of para-hydroxylation sites is 1. The highest BCUT2D eigenvalue weighted by molar-refractivity contribution is 5.91. The first-order valence-corrected chi connectivity index (χ1v) is 6.54. The average molecular weight is 411 g/mol. The fourth-order valence-corrected chi connectivity index (χ4v) is 2.10. The lowest BCUT2D eigenvalue weighted by atomic mass is 10.1. The number of amides is 1. The lowest BCUT2D eigenvalue weighted by Crippen LogP contribution is -3.00. The summed E-state index contributed by atoms with van der Waals surface area (Å²) >= 11 is 0. The van der Waals surface area contributed by atoms with E-state index in [0.717, 1.165) is 16.8 Å². The zero-order chi connectivity index (χ0) is 15.4. The van der Waals surface area contributed by atoms with Crippen molar-refractivity contribution in [3.63, 3.8) is 0 Å². The van der Waals surface area contributed by atoms with Crippen molar-refractivity contribution in [1.82, 2.24) is 0 Å². The number of nitrogens with zero attached hydrogens (tertiary/aromatic N) is 1. The number of carbonyl (C=O) groups excluding carboxylic acids is 2. The molecule has 0 saturated heterocycles. The molecule has 1 N–H and O–H groups in total. The molecular formula is C16H16IN2O3-. The quantitative estimate of drug-likeness (QED) is 0.451. The van der Waals surface area contributed by atoms with Gasteiger partial charge in [-0.1, -0.05) is 18.2 Å². The number of rotatable bonds is 4. The predicted molar refractivity (Wildman–Crippen MR) is 75.5 cm³/mol. The third-order valence-electron chi connectivity index (χ3n) is 3.17. The molecule has 0 saturated carbocycles. The van der Waals surface area contributed by atoms with E-state index in [4.69, 9.17) is 0 Å². The van der Waals surface area contributed by atoms with E-state index in [0.29, 0.717) is 0 Å². The summed E-state index contributed by atoms with van der Waals surface area (Å²) in [5.41, 5.74) is 2.80. The molecule has 1 heterocycles. The van der Waals surface area contributed by atoms with Crippen LogP contribution in [0.3, 0.4) is 0 Å². The number of hydrogen-bond acceptors (Lipinski definition) is 3. The van der Waals surface area contributed by atoms with Gasteiger partial charge in [-0.3, -0.25) is 4.79 Å². The zero-order valence-electron chi connectivity index (χ0n) is 12.3. The minimum atomic E-state index is -1.26. The van der Waals surface area contributed by atoms with Gasteiger partial charge in [0.2, 0.25) is 6.54 Å². The van der Waals surface area contributed by atoms with Crippen LogP contribution in [0.25, 0.3) is 0 Å². The van der Waals surface area contributed by atoms with Crippen LogP contribution in [0.5, 0.6) is 0 Å². The lowest BCUT2D eigenvalue weighted by molar-refractivity contribution is -0.684. The Bertz CT molecular complexity index is 681. The van der Waals surface area contributed by atoms with Gasteiger partial charge in [-0.15, -0.1) is 0 Å². The Morgan fingerprint density at radius 2 is 1.77 bits per heavy atom. The number of carboxylic acids is 1. The number of anilines is 1. The maximum Gasteiger partial charge on any atom is 0.290 e. The third kappa shape index (κ3) is 4.52. The van der Waals surface area contributed by atoms with Gasteiger partial charge in [-0.05, 0) is 31.0 Å². The number of carbonyl (C=O) groups is 2. The summed E-state index contributed by atoms with van der Waals surface area (Å²) in [5, 5.41) is 13.6. The van der Waals surface area contributed by atoms with Gasteiger partial charge in [0.15, 0.2) is 12.4 Å². The maximum absolute atomic E-state index is 12.1. The second kappa shape index (κ2) is 7.88. The summed E-state index contributed by atoms with van der Waals surface area (Å²) in [5.74, 6) is -1.48. The summed E-state index contributed by atoms with van der Waals surface area (Å²) < 4.78 is 1.51. The van der Waals surface area contributed by atoms with Crippen LogP contribution in [0.4, 0.5) is 5.69 Å². The van der Waals surface area contributed by atoms with Gasteiger partial charge in [0.25, 0.3) is 5.91 Å². The van der Waals surface area contributed by atoms with Crippen molar-refractivity contribution in [2.75, 3.05) is 5.32 Å². The molecule has 2 aromatic rings. The largest absolute Gasteiger partial charge is 1.00 e. The molecule has 1 amide bonds. The van der Waals surface area contributed by atoms with E-state index in [1.807, 2.05) is 32.0 Å². The molecule has 0 aliphatic carbocycles. The Morgan fingerprint density at radius 1 is 1.14 bits per heavy atom. The summed E-state index contributed by atoms with van der Waals surface area (Å²) in [6.07, 6.45) is 3.01. The van der Waals surface area contributed by atoms with E-state index in [9.17, 15) is 14.7 Å². The van der Waals surface area contributed by atoms with Crippen LogP contribution in [0, 0.1) is 13.8 Å². The van der Waals surface area contributed by atoms with E-state index >= 15 is 0 Å². The molecule has 0 atom stereocenters.